The largest absolute Gasteiger partial charge is 0.417 e. The molecule has 5 nitrogen and oxygen atoms in total. The lowest BCUT2D eigenvalue weighted by molar-refractivity contribution is -0.137. The number of hydrogen-bond acceptors (Lipinski definition) is 4. The summed E-state index contributed by atoms with van der Waals surface area (Å²) in [6.45, 7) is -0.408. The maximum atomic E-state index is 13.4. The van der Waals surface area contributed by atoms with Gasteiger partial charge in [0.05, 0.1) is 21.2 Å². The van der Waals surface area contributed by atoms with Gasteiger partial charge in [0.15, 0.2) is 0 Å². The molecule has 0 radical (unpaired) electrons. The van der Waals surface area contributed by atoms with Crippen LogP contribution in [0.15, 0.2) is 88.7 Å². The number of nitrogens with zero attached hydrogens (tertiary/aromatic N) is 1. The van der Waals surface area contributed by atoms with Crippen LogP contribution in [0.1, 0.15) is 12.0 Å². The van der Waals surface area contributed by atoms with Gasteiger partial charge < -0.3 is 5.32 Å². The van der Waals surface area contributed by atoms with Crippen LogP contribution in [-0.2, 0) is 21.0 Å². The fourth-order valence-corrected chi connectivity index (χ4v) is 5.65. The van der Waals surface area contributed by atoms with Crippen LogP contribution in [0.5, 0.6) is 0 Å². The molecule has 3 aromatic carbocycles. The fourth-order valence-electron chi connectivity index (χ4n) is 3.11. The molecule has 0 fully saturated rings. The highest BCUT2D eigenvalue weighted by molar-refractivity contribution is 7.99. The Morgan fingerprint density at radius 3 is 2.23 bits per heavy atom. The second-order valence-electron chi connectivity index (χ2n) is 7.35. The van der Waals surface area contributed by atoms with Crippen LogP contribution in [0.3, 0.4) is 0 Å². The van der Waals surface area contributed by atoms with Crippen LogP contribution in [0.25, 0.3) is 0 Å². The molecule has 0 aliphatic carbocycles. The van der Waals surface area contributed by atoms with E-state index < -0.39 is 39.2 Å². The van der Waals surface area contributed by atoms with E-state index in [0.29, 0.717) is 16.8 Å². The molecule has 0 saturated carbocycles. The van der Waals surface area contributed by atoms with Crippen molar-refractivity contribution in [2.24, 2.45) is 0 Å². The predicted octanol–water partition coefficient (Wildman–Crippen LogP) is 5.85. The van der Waals surface area contributed by atoms with Crippen LogP contribution in [0, 0.1) is 0 Å². The summed E-state index contributed by atoms with van der Waals surface area (Å²) in [5.74, 6) is 0.0837. The van der Waals surface area contributed by atoms with Crippen LogP contribution in [-0.4, -0.2) is 33.2 Å². The van der Waals surface area contributed by atoms with Crippen molar-refractivity contribution >= 4 is 45.0 Å². The molecule has 0 unspecified atom stereocenters. The molecule has 0 bridgehead atoms. The van der Waals surface area contributed by atoms with Crippen LogP contribution in [0.2, 0.25) is 5.02 Å². The van der Waals surface area contributed by atoms with Gasteiger partial charge in [0.25, 0.3) is 10.0 Å². The Labute approximate surface area is 211 Å². The zero-order chi connectivity index (χ0) is 25.5. The maximum absolute atomic E-state index is 13.4. The normalized spacial score (nSPS) is 11.8. The van der Waals surface area contributed by atoms with Gasteiger partial charge in [-0.3, -0.25) is 9.10 Å². The number of carbonyl (C=O) groups excluding carboxylic acids is 1. The van der Waals surface area contributed by atoms with Gasteiger partial charge in [-0.2, -0.15) is 13.2 Å². The first-order valence-corrected chi connectivity index (χ1v) is 13.3. The molecule has 0 spiro atoms. The molecule has 0 heterocycles. The number of thioether (sulfide) groups is 1. The number of halogens is 4. The van der Waals surface area contributed by atoms with Crippen molar-refractivity contribution < 1.29 is 26.4 Å². The molecule has 186 valence electrons. The van der Waals surface area contributed by atoms with Crippen molar-refractivity contribution in [3.63, 3.8) is 0 Å². The van der Waals surface area contributed by atoms with Crippen molar-refractivity contribution in [3.8, 4) is 0 Å². The summed E-state index contributed by atoms with van der Waals surface area (Å²) in [4.78, 5) is 13.5. The summed E-state index contributed by atoms with van der Waals surface area (Å²) >= 11 is 7.31. The van der Waals surface area contributed by atoms with Gasteiger partial charge in [-0.05, 0) is 54.6 Å². The summed E-state index contributed by atoms with van der Waals surface area (Å²) in [5, 5.41) is 2.07. The zero-order valence-electron chi connectivity index (χ0n) is 18.3. The minimum atomic E-state index is -4.80. The van der Waals surface area contributed by atoms with Gasteiger partial charge >= 0.3 is 6.18 Å². The third-order valence-electron chi connectivity index (χ3n) is 4.82. The first kappa shape index (κ1) is 26.9. The van der Waals surface area contributed by atoms with E-state index in [-0.39, 0.29) is 17.1 Å². The third-order valence-corrected chi connectivity index (χ3v) is 8.03. The van der Waals surface area contributed by atoms with E-state index >= 15 is 0 Å². The Morgan fingerprint density at radius 1 is 0.971 bits per heavy atom. The number of sulfonamides is 1. The number of benzene rings is 3. The SMILES string of the molecule is O=C(CN(c1ccc(Cl)c(C(F)(F)F)c1)S(=O)(=O)c1ccccc1)NCCCSc1ccccc1. The minimum absolute atomic E-state index is 0.157. The quantitative estimate of drug-likeness (QED) is 0.258. The molecule has 0 atom stereocenters. The molecule has 3 rings (SSSR count). The topological polar surface area (TPSA) is 66.5 Å². The smallest absolute Gasteiger partial charge is 0.354 e. The Balaban J connectivity index is 1.76. The van der Waals surface area contributed by atoms with Gasteiger partial charge in [0.1, 0.15) is 6.54 Å². The van der Waals surface area contributed by atoms with Crippen molar-refractivity contribution in [1.82, 2.24) is 5.32 Å². The predicted molar refractivity (Wildman–Crippen MR) is 132 cm³/mol. The van der Waals surface area contributed by atoms with Gasteiger partial charge in [0.2, 0.25) is 5.91 Å². The lowest BCUT2D eigenvalue weighted by Crippen LogP contribution is -2.41. The van der Waals surface area contributed by atoms with Gasteiger partial charge in [-0.25, -0.2) is 8.42 Å². The molecule has 1 amide bonds. The van der Waals surface area contributed by atoms with Gasteiger partial charge in [-0.1, -0.05) is 48.0 Å². The standard InChI is InChI=1S/C24H22ClF3N2O3S2/c25-22-13-12-18(16-21(22)24(26,27)28)30(35(32,33)20-10-5-2-6-11-20)17-23(31)29-14-7-15-34-19-8-3-1-4-9-19/h1-6,8-13,16H,7,14-15,17H2,(H,29,31). The van der Waals surface area contributed by atoms with E-state index in [4.69, 9.17) is 11.6 Å². The molecule has 3 aromatic rings. The second-order valence-corrected chi connectivity index (χ2v) is 10.8. The van der Waals surface area contributed by atoms with E-state index in [0.717, 1.165) is 22.8 Å². The molecular weight excluding hydrogens is 521 g/mol. The molecule has 0 aromatic heterocycles. The number of nitrogens with one attached hydrogen (secondary N) is 1. The van der Waals surface area contributed by atoms with Crippen LogP contribution in [0.4, 0.5) is 18.9 Å². The van der Waals surface area contributed by atoms with E-state index in [1.54, 1.807) is 17.8 Å². The number of carbonyl (C=O) groups is 1. The second kappa shape index (κ2) is 11.8. The molecule has 11 heteroatoms. The Kier molecular flexibility index (Phi) is 9.09. The first-order valence-electron chi connectivity index (χ1n) is 10.5. The molecule has 1 N–H and O–H groups in total. The number of amides is 1. The van der Waals surface area contributed by atoms with Crippen molar-refractivity contribution in [2.45, 2.75) is 22.4 Å². The monoisotopic (exact) mass is 542 g/mol. The van der Waals surface area contributed by atoms with Crippen molar-refractivity contribution in [3.05, 3.63) is 89.4 Å². The summed E-state index contributed by atoms with van der Waals surface area (Å²) in [5.41, 5.74) is -1.51. The van der Waals surface area contributed by atoms with Gasteiger partial charge in [-0.15, -0.1) is 11.8 Å². The summed E-state index contributed by atoms with van der Waals surface area (Å²) in [6.07, 6.45) is -4.18. The van der Waals surface area contributed by atoms with E-state index in [1.807, 2.05) is 30.3 Å². The van der Waals surface area contributed by atoms with Crippen LogP contribution < -0.4 is 9.62 Å². The Bertz CT molecular complexity index is 1240. The highest BCUT2D eigenvalue weighted by Gasteiger charge is 2.35. The first-order chi connectivity index (χ1) is 16.6. The van der Waals surface area contributed by atoms with E-state index in [9.17, 15) is 26.4 Å². The average Bonchev–Trinajstić information content (AvgIpc) is 2.83. The number of anilines is 1. The maximum Gasteiger partial charge on any atom is 0.417 e. The minimum Gasteiger partial charge on any atom is -0.354 e. The Hall–Kier alpha value is -2.69. The Morgan fingerprint density at radius 2 is 1.60 bits per heavy atom. The van der Waals surface area contributed by atoms with Crippen molar-refractivity contribution in [2.75, 3.05) is 23.1 Å². The lowest BCUT2D eigenvalue weighted by atomic mass is 10.2. The van der Waals surface area contributed by atoms with Gasteiger partial charge in [0, 0.05) is 11.4 Å². The lowest BCUT2D eigenvalue weighted by Gasteiger charge is -2.25. The summed E-state index contributed by atoms with van der Waals surface area (Å²) in [6, 6.07) is 19.6. The van der Waals surface area contributed by atoms with Crippen molar-refractivity contribution in [1.29, 1.82) is 0 Å². The zero-order valence-corrected chi connectivity index (χ0v) is 20.7. The number of hydrogen-bond donors (Lipinski definition) is 1. The van der Waals surface area contributed by atoms with E-state index in [1.165, 1.54) is 24.3 Å². The molecule has 0 aliphatic rings. The van der Waals surface area contributed by atoms with Crippen LogP contribution >= 0.6 is 23.4 Å². The highest BCUT2D eigenvalue weighted by atomic mass is 35.5. The highest BCUT2D eigenvalue weighted by Crippen LogP contribution is 2.38. The molecule has 0 saturated heterocycles. The molecular formula is C24H22ClF3N2O3S2. The fraction of sp³-hybridized carbons (Fsp3) is 0.208. The molecule has 35 heavy (non-hydrogen) atoms. The average molecular weight is 543 g/mol. The summed E-state index contributed by atoms with van der Waals surface area (Å²) in [7, 11) is -4.34. The summed E-state index contributed by atoms with van der Waals surface area (Å²) < 4.78 is 67.4. The molecule has 0 aliphatic heterocycles. The number of alkyl halides is 3. The number of rotatable bonds is 10. The van der Waals surface area contributed by atoms with E-state index in [2.05, 4.69) is 5.32 Å². The third kappa shape index (κ3) is 7.39.